The molecule has 0 atom stereocenters. The van der Waals surface area contributed by atoms with E-state index < -0.39 is 0 Å². The minimum Gasteiger partial charge on any atom is -0.453 e. The molecule has 14 aromatic rings. The number of benzene rings is 12. The van der Waals surface area contributed by atoms with Gasteiger partial charge in [-0.2, -0.15) is 0 Å². The minimum absolute atomic E-state index is 0.206. The van der Waals surface area contributed by atoms with E-state index in [4.69, 9.17) is 8.83 Å². The zero-order valence-electron chi connectivity index (χ0n) is 50.5. The first-order chi connectivity index (χ1) is 40.7. The first-order valence-electron chi connectivity index (χ1n) is 30.3. The Morgan fingerprint density at radius 3 is 1.00 bits per heavy atom. The van der Waals surface area contributed by atoms with Gasteiger partial charge in [-0.25, -0.2) is 0 Å². The van der Waals surface area contributed by atoms with Crippen LogP contribution < -0.4 is 9.80 Å². The summed E-state index contributed by atoms with van der Waals surface area (Å²) < 4.78 is 14.9. The van der Waals surface area contributed by atoms with E-state index in [1.54, 1.807) is 0 Å². The molecule has 0 N–H and O–H groups in total. The molecule has 0 amide bonds. The minimum atomic E-state index is 0.206. The SMILES string of the molecule is Cc1ccc(C)c(N(c2cc(C(C)C)c3ccc4c(N(c5cc(C)ccc5C)c5cccc6c5oc5c(-c7ccccc7C(C)C)cccc56)cc(C(C)C)c5ccc2c3c54)c2cccc3c2oc2c(-c4ccccc4C(C)C)cccc23)c1. The summed E-state index contributed by atoms with van der Waals surface area (Å²) in [5.41, 5.74) is 24.7. The molecule has 2 aromatic heterocycles. The Morgan fingerprint density at radius 1 is 0.262 bits per heavy atom. The van der Waals surface area contributed by atoms with E-state index in [-0.39, 0.29) is 11.8 Å². The molecule has 12 aromatic carbocycles. The summed E-state index contributed by atoms with van der Waals surface area (Å²) >= 11 is 0. The van der Waals surface area contributed by atoms with Gasteiger partial charge in [0.1, 0.15) is 11.2 Å². The van der Waals surface area contributed by atoms with Crippen LogP contribution in [0.2, 0.25) is 0 Å². The third-order valence-corrected chi connectivity index (χ3v) is 18.1. The van der Waals surface area contributed by atoms with Crippen molar-refractivity contribution in [1.82, 2.24) is 0 Å². The normalized spacial score (nSPS) is 12.2. The Balaban J connectivity index is 1.07. The van der Waals surface area contributed by atoms with Crippen LogP contribution in [0.5, 0.6) is 0 Å². The van der Waals surface area contributed by atoms with Crippen molar-refractivity contribution < 1.29 is 8.83 Å². The van der Waals surface area contributed by atoms with Gasteiger partial charge in [-0.05, 0) is 165 Å². The Labute approximate surface area is 493 Å². The van der Waals surface area contributed by atoms with E-state index >= 15 is 0 Å². The molecule has 4 heteroatoms. The third-order valence-electron chi connectivity index (χ3n) is 18.1. The molecule has 2 heterocycles. The Morgan fingerprint density at radius 2 is 0.607 bits per heavy atom. The molecule has 0 aliphatic heterocycles. The lowest BCUT2D eigenvalue weighted by Gasteiger charge is -2.32. The van der Waals surface area contributed by atoms with Crippen LogP contribution in [-0.2, 0) is 0 Å². The number of anilines is 6. The van der Waals surface area contributed by atoms with Gasteiger partial charge in [-0.3, -0.25) is 0 Å². The predicted molar refractivity (Wildman–Crippen MR) is 360 cm³/mol. The molecular formula is C80H72N2O2. The summed E-state index contributed by atoms with van der Waals surface area (Å²) in [6.07, 6.45) is 0. The average molecular weight is 1090 g/mol. The smallest absolute Gasteiger partial charge is 0.159 e. The van der Waals surface area contributed by atoms with Crippen molar-refractivity contribution in [3.05, 3.63) is 239 Å². The van der Waals surface area contributed by atoms with Crippen LogP contribution >= 0.6 is 0 Å². The molecule has 0 aliphatic rings. The van der Waals surface area contributed by atoms with Gasteiger partial charge in [0.05, 0.1) is 22.7 Å². The molecule has 0 spiro atoms. The van der Waals surface area contributed by atoms with Crippen molar-refractivity contribution >= 4 is 110 Å². The molecule has 0 aliphatic carbocycles. The summed E-state index contributed by atoms with van der Waals surface area (Å²) in [6.45, 7) is 27.4. The number of aryl methyl sites for hydroxylation is 4. The first kappa shape index (κ1) is 52.9. The van der Waals surface area contributed by atoms with Crippen molar-refractivity contribution in [3.8, 4) is 22.3 Å². The van der Waals surface area contributed by atoms with Crippen LogP contribution in [0.4, 0.5) is 34.1 Å². The summed E-state index contributed by atoms with van der Waals surface area (Å²) in [7, 11) is 0. The van der Waals surface area contributed by atoms with Gasteiger partial charge in [0.15, 0.2) is 11.2 Å². The molecule has 4 nitrogen and oxygen atoms in total. The van der Waals surface area contributed by atoms with Crippen LogP contribution in [0.3, 0.4) is 0 Å². The monoisotopic (exact) mass is 1090 g/mol. The second-order valence-electron chi connectivity index (χ2n) is 25.0. The lowest BCUT2D eigenvalue weighted by molar-refractivity contribution is 0.669. The molecule has 0 unspecified atom stereocenters. The summed E-state index contributed by atoms with van der Waals surface area (Å²) in [4.78, 5) is 5.05. The number of rotatable bonds is 12. The fraction of sp³-hybridized carbons (Fsp3) is 0.200. The quantitative estimate of drug-likeness (QED) is 0.114. The van der Waals surface area contributed by atoms with Gasteiger partial charge >= 0.3 is 0 Å². The number of hydrogen-bond acceptors (Lipinski definition) is 4. The molecular weight excluding hydrogens is 1020 g/mol. The topological polar surface area (TPSA) is 32.8 Å². The van der Waals surface area contributed by atoms with Crippen molar-refractivity contribution in [2.24, 2.45) is 0 Å². The molecule has 414 valence electrons. The van der Waals surface area contributed by atoms with Gasteiger partial charge in [0.2, 0.25) is 0 Å². The van der Waals surface area contributed by atoms with E-state index in [1.807, 2.05) is 0 Å². The van der Waals surface area contributed by atoms with E-state index in [9.17, 15) is 0 Å². The first-order valence-corrected chi connectivity index (χ1v) is 30.3. The molecule has 0 saturated carbocycles. The van der Waals surface area contributed by atoms with Gasteiger partial charge < -0.3 is 18.6 Å². The highest BCUT2D eigenvalue weighted by Gasteiger charge is 2.30. The van der Waals surface area contributed by atoms with Crippen molar-refractivity contribution in [3.63, 3.8) is 0 Å². The van der Waals surface area contributed by atoms with Crippen LogP contribution in [-0.4, -0.2) is 0 Å². The van der Waals surface area contributed by atoms with E-state index in [0.717, 1.165) is 89.1 Å². The molecule has 0 radical (unpaired) electrons. The van der Waals surface area contributed by atoms with Gasteiger partial charge in [0, 0.05) is 54.8 Å². The van der Waals surface area contributed by atoms with E-state index in [2.05, 4.69) is 287 Å². The van der Waals surface area contributed by atoms with Crippen LogP contribution in [0.1, 0.15) is 124 Å². The number of fused-ring (bicyclic) bond motifs is 6. The Bertz CT molecular complexity index is 4620. The zero-order valence-corrected chi connectivity index (χ0v) is 50.5. The Kier molecular flexibility index (Phi) is 12.8. The lowest BCUT2D eigenvalue weighted by Crippen LogP contribution is -2.14. The van der Waals surface area contributed by atoms with Crippen molar-refractivity contribution in [1.29, 1.82) is 0 Å². The number of hydrogen-bond donors (Lipinski definition) is 0. The van der Waals surface area contributed by atoms with E-state index in [1.165, 1.54) is 88.0 Å². The van der Waals surface area contributed by atoms with Crippen LogP contribution in [0.15, 0.2) is 203 Å². The molecule has 0 bridgehead atoms. The fourth-order valence-corrected chi connectivity index (χ4v) is 13.9. The highest BCUT2D eigenvalue weighted by molar-refractivity contribution is 6.30. The maximum Gasteiger partial charge on any atom is 0.159 e. The molecule has 0 fully saturated rings. The predicted octanol–water partition coefficient (Wildman–Crippen LogP) is 24.4. The summed E-state index contributed by atoms with van der Waals surface area (Å²) in [5, 5.41) is 11.9. The average Bonchev–Trinajstić information content (AvgIpc) is 1.26. The standard InChI is InChI=1S/C80H72N2O2/c1-45(2)53-21-13-15-23-55(53)59-25-17-27-61-63-29-19-31-69(79(63)83-77(59)61)81(71-41-49(9)33-35-51(71)11)73-43-67(47(5)6)57-38-40-66-74(44-68(48(7)8)58-37-39-65(73)75(57)76(58)66)82(72-42-50(10)34-36-52(72)12)70-32-20-30-64-62-28-18-26-60(78(62)84-80(64)70)56-24-16-14-22-54(56)46(3)4/h13-48H,1-12H3. The fourth-order valence-electron chi connectivity index (χ4n) is 13.9. The lowest BCUT2D eigenvalue weighted by atomic mass is 9.84. The van der Waals surface area contributed by atoms with Gasteiger partial charge in [-0.1, -0.05) is 213 Å². The van der Waals surface area contributed by atoms with Crippen molar-refractivity contribution in [2.75, 3.05) is 9.80 Å². The van der Waals surface area contributed by atoms with Crippen LogP contribution in [0.25, 0.3) is 98.4 Å². The largest absolute Gasteiger partial charge is 0.453 e. The summed E-state index contributed by atoms with van der Waals surface area (Å²) in [6, 6.07) is 72.7. The number of nitrogens with zero attached hydrogens (tertiary/aromatic N) is 2. The van der Waals surface area contributed by atoms with Gasteiger partial charge in [-0.15, -0.1) is 0 Å². The molecule has 84 heavy (non-hydrogen) atoms. The zero-order chi connectivity index (χ0) is 58.0. The summed E-state index contributed by atoms with van der Waals surface area (Å²) in [5.74, 6) is 1.11. The molecule has 14 rings (SSSR count). The maximum atomic E-state index is 7.43. The second-order valence-corrected chi connectivity index (χ2v) is 25.0. The van der Waals surface area contributed by atoms with Gasteiger partial charge in [0.25, 0.3) is 0 Å². The highest BCUT2D eigenvalue weighted by atomic mass is 16.3. The van der Waals surface area contributed by atoms with Crippen LogP contribution in [0, 0.1) is 27.7 Å². The van der Waals surface area contributed by atoms with E-state index in [0.29, 0.717) is 11.8 Å². The maximum absolute atomic E-state index is 7.43. The number of para-hydroxylation sites is 4. The third kappa shape index (κ3) is 8.31. The second kappa shape index (κ2) is 20.3. The highest BCUT2D eigenvalue weighted by Crippen LogP contribution is 2.54. The number of furan rings is 2. The molecule has 0 saturated heterocycles. The van der Waals surface area contributed by atoms with Crippen molar-refractivity contribution in [2.45, 2.75) is 107 Å². The Hall–Kier alpha value is -9.12.